The molecule has 0 aromatic heterocycles. The third kappa shape index (κ3) is 3.32. The number of methoxy groups -OCH3 is 1. The number of carbonyl (C=O) groups excluding carboxylic acids is 1. The summed E-state index contributed by atoms with van der Waals surface area (Å²) in [4.78, 5) is 12.1. The molecule has 0 aliphatic rings. The molecule has 6 nitrogen and oxygen atoms in total. The van der Waals surface area contributed by atoms with Crippen LogP contribution in [0.15, 0.2) is 53.4 Å². The number of hydrogen-bond acceptors (Lipinski definition) is 5. The zero-order valence-electron chi connectivity index (χ0n) is 11.2. The summed E-state index contributed by atoms with van der Waals surface area (Å²) in [6.07, 6.45) is 0. The molecule has 1 amide bonds. The minimum absolute atomic E-state index is 0.000169. The second-order valence-electron chi connectivity index (χ2n) is 4.20. The van der Waals surface area contributed by atoms with Crippen LogP contribution in [0.5, 0.6) is 5.75 Å². The van der Waals surface area contributed by atoms with Gasteiger partial charge in [-0.15, -0.1) is 0 Å². The lowest BCUT2D eigenvalue weighted by Crippen LogP contribution is -2.31. The number of benzene rings is 2. The fraction of sp³-hybridized carbons (Fsp3) is 0.0714. The molecule has 0 unspecified atom stereocenters. The molecular weight excluding hydrogens is 292 g/mol. The van der Waals surface area contributed by atoms with Crippen LogP contribution in [-0.4, -0.2) is 21.4 Å². The predicted octanol–water partition coefficient (Wildman–Crippen LogP) is 1.40. The lowest BCUT2D eigenvalue weighted by atomic mass is 10.1. The molecule has 110 valence electrons. The molecule has 0 radical (unpaired) electrons. The molecule has 3 N–H and O–H groups in total. The molecule has 0 aliphatic carbocycles. The lowest BCUT2D eigenvalue weighted by molar-refractivity contribution is 0.0982. The summed E-state index contributed by atoms with van der Waals surface area (Å²) in [7, 11) is -2.50. The molecule has 0 bridgehead atoms. The van der Waals surface area contributed by atoms with Crippen molar-refractivity contribution < 1.29 is 17.9 Å². The highest BCUT2D eigenvalue weighted by molar-refractivity contribution is 7.90. The highest BCUT2D eigenvalue weighted by Crippen LogP contribution is 2.20. The molecule has 0 fully saturated rings. The van der Waals surface area contributed by atoms with Crippen LogP contribution in [0, 0.1) is 0 Å². The largest absolute Gasteiger partial charge is 0.497 e. The first-order valence-electron chi connectivity index (χ1n) is 6.00. The first-order valence-corrected chi connectivity index (χ1v) is 7.48. The highest BCUT2D eigenvalue weighted by atomic mass is 32.2. The first-order chi connectivity index (χ1) is 9.94. The van der Waals surface area contributed by atoms with Crippen molar-refractivity contribution in [2.24, 2.45) is 0 Å². The molecule has 0 saturated carbocycles. The zero-order valence-corrected chi connectivity index (χ0v) is 12.1. The molecule has 2 aromatic carbocycles. The van der Waals surface area contributed by atoms with Gasteiger partial charge in [0.05, 0.1) is 17.6 Å². The van der Waals surface area contributed by atoms with E-state index in [1.54, 1.807) is 24.3 Å². The highest BCUT2D eigenvalue weighted by Gasteiger charge is 2.20. The van der Waals surface area contributed by atoms with Gasteiger partial charge in [0.25, 0.3) is 15.9 Å². The van der Waals surface area contributed by atoms with E-state index in [1.165, 1.54) is 31.4 Å². The Bertz CT molecular complexity index is 758. The summed E-state index contributed by atoms with van der Waals surface area (Å²) in [5.41, 5.74) is 5.89. The van der Waals surface area contributed by atoms with E-state index in [4.69, 9.17) is 10.5 Å². The standard InChI is InChI=1S/C14H14N2O4S/c1-20-10-7-8-13(15)12(9-10)14(17)16-21(18,19)11-5-3-2-4-6-11/h2-9H,15H2,1H3,(H,16,17). The molecular formula is C14H14N2O4S. The molecule has 2 rings (SSSR count). The smallest absolute Gasteiger partial charge is 0.267 e. The van der Waals surface area contributed by atoms with Crippen LogP contribution in [-0.2, 0) is 10.0 Å². The van der Waals surface area contributed by atoms with Crippen molar-refractivity contribution in [3.05, 3.63) is 54.1 Å². The van der Waals surface area contributed by atoms with Gasteiger partial charge in [-0.3, -0.25) is 4.79 Å². The second kappa shape index (κ2) is 5.84. The first kappa shape index (κ1) is 14.9. The van der Waals surface area contributed by atoms with Crippen molar-refractivity contribution in [1.29, 1.82) is 0 Å². The summed E-state index contributed by atoms with van der Waals surface area (Å²) in [5, 5.41) is 0. The summed E-state index contributed by atoms with van der Waals surface area (Å²) < 4.78 is 31.1. The normalized spacial score (nSPS) is 10.9. The van der Waals surface area contributed by atoms with E-state index in [0.29, 0.717) is 5.75 Å². The van der Waals surface area contributed by atoms with Crippen LogP contribution >= 0.6 is 0 Å². The fourth-order valence-electron chi connectivity index (χ4n) is 1.69. The fourth-order valence-corrected chi connectivity index (χ4v) is 2.68. The Morgan fingerprint density at radius 2 is 1.81 bits per heavy atom. The minimum atomic E-state index is -3.94. The van der Waals surface area contributed by atoms with Gasteiger partial charge in [-0.2, -0.15) is 0 Å². The van der Waals surface area contributed by atoms with E-state index < -0.39 is 15.9 Å². The molecule has 0 spiro atoms. The monoisotopic (exact) mass is 306 g/mol. The molecule has 7 heteroatoms. The third-order valence-electron chi connectivity index (χ3n) is 2.79. The molecule has 0 atom stereocenters. The molecule has 0 saturated heterocycles. The van der Waals surface area contributed by atoms with Gasteiger partial charge in [0, 0.05) is 5.69 Å². The van der Waals surface area contributed by atoms with Crippen molar-refractivity contribution in [3.63, 3.8) is 0 Å². The Labute approximate surface area is 122 Å². The predicted molar refractivity (Wildman–Crippen MR) is 78.5 cm³/mol. The van der Waals surface area contributed by atoms with Gasteiger partial charge in [0.15, 0.2) is 0 Å². The summed E-state index contributed by atoms with van der Waals surface area (Å²) in [6.45, 7) is 0. The Balaban J connectivity index is 2.30. The van der Waals surface area contributed by atoms with Crippen molar-refractivity contribution >= 4 is 21.6 Å². The van der Waals surface area contributed by atoms with E-state index in [1.807, 2.05) is 4.72 Å². The number of rotatable bonds is 4. The number of ether oxygens (including phenoxy) is 1. The van der Waals surface area contributed by atoms with Crippen LogP contribution in [0.4, 0.5) is 5.69 Å². The van der Waals surface area contributed by atoms with Crippen molar-refractivity contribution in [2.75, 3.05) is 12.8 Å². The Kier molecular flexibility index (Phi) is 4.13. The Hall–Kier alpha value is -2.54. The minimum Gasteiger partial charge on any atom is -0.497 e. The van der Waals surface area contributed by atoms with E-state index >= 15 is 0 Å². The quantitative estimate of drug-likeness (QED) is 0.832. The van der Waals surface area contributed by atoms with Gasteiger partial charge in [-0.25, -0.2) is 13.1 Å². The number of sulfonamides is 1. The van der Waals surface area contributed by atoms with Crippen LogP contribution < -0.4 is 15.2 Å². The average Bonchev–Trinajstić information content (AvgIpc) is 2.48. The van der Waals surface area contributed by atoms with Crippen LogP contribution in [0.25, 0.3) is 0 Å². The van der Waals surface area contributed by atoms with Gasteiger partial charge in [-0.1, -0.05) is 18.2 Å². The van der Waals surface area contributed by atoms with E-state index in [0.717, 1.165) is 0 Å². The average molecular weight is 306 g/mol. The second-order valence-corrected chi connectivity index (χ2v) is 5.88. The summed E-state index contributed by atoms with van der Waals surface area (Å²) >= 11 is 0. The topological polar surface area (TPSA) is 98.5 Å². The maximum atomic E-state index is 12.1. The van der Waals surface area contributed by atoms with Gasteiger partial charge in [-0.05, 0) is 30.3 Å². The van der Waals surface area contributed by atoms with E-state index in [-0.39, 0.29) is 16.1 Å². The zero-order chi connectivity index (χ0) is 15.5. The SMILES string of the molecule is COc1ccc(N)c(C(=O)NS(=O)(=O)c2ccccc2)c1. The summed E-state index contributed by atoms with van der Waals surface area (Å²) in [5.74, 6) is -0.401. The summed E-state index contributed by atoms with van der Waals surface area (Å²) in [6, 6.07) is 12.0. The van der Waals surface area contributed by atoms with E-state index in [9.17, 15) is 13.2 Å². The van der Waals surface area contributed by atoms with Gasteiger partial charge in [0.2, 0.25) is 0 Å². The molecule has 21 heavy (non-hydrogen) atoms. The van der Waals surface area contributed by atoms with Crippen LogP contribution in [0.2, 0.25) is 0 Å². The number of amides is 1. The number of hydrogen-bond donors (Lipinski definition) is 2. The number of nitrogens with one attached hydrogen (secondary N) is 1. The van der Waals surface area contributed by atoms with E-state index in [2.05, 4.69) is 0 Å². The number of carbonyl (C=O) groups is 1. The molecule has 0 aliphatic heterocycles. The number of nitrogens with two attached hydrogens (primary N) is 1. The van der Waals surface area contributed by atoms with Crippen molar-refractivity contribution in [1.82, 2.24) is 4.72 Å². The Morgan fingerprint density at radius 3 is 2.43 bits per heavy atom. The molecule has 2 aromatic rings. The van der Waals surface area contributed by atoms with Crippen LogP contribution in [0.1, 0.15) is 10.4 Å². The number of nitrogen functional groups attached to an aromatic ring is 1. The van der Waals surface area contributed by atoms with Crippen molar-refractivity contribution in [3.8, 4) is 5.75 Å². The maximum absolute atomic E-state index is 12.1. The lowest BCUT2D eigenvalue weighted by Gasteiger charge is -2.10. The Morgan fingerprint density at radius 1 is 1.14 bits per heavy atom. The van der Waals surface area contributed by atoms with Crippen molar-refractivity contribution in [2.45, 2.75) is 4.90 Å². The van der Waals surface area contributed by atoms with Gasteiger partial charge < -0.3 is 10.5 Å². The van der Waals surface area contributed by atoms with Crippen LogP contribution in [0.3, 0.4) is 0 Å². The number of anilines is 1. The third-order valence-corrected chi connectivity index (χ3v) is 4.13. The maximum Gasteiger partial charge on any atom is 0.267 e. The molecule has 0 heterocycles. The van der Waals surface area contributed by atoms with Gasteiger partial charge >= 0.3 is 0 Å². The van der Waals surface area contributed by atoms with Gasteiger partial charge in [0.1, 0.15) is 5.75 Å².